The lowest BCUT2D eigenvalue weighted by atomic mass is 10.2. The van der Waals surface area contributed by atoms with Crippen LogP contribution in [0.15, 0.2) is 18.2 Å². The summed E-state index contributed by atoms with van der Waals surface area (Å²) >= 11 is 5.74. The van der Waals surface area contributed by atoms with E-state index in [1.165, 1.54) is 6.07 Å². The van der Waals surface area contributed by atoms with Crippen LogP contribution >= 0.6 is 11.6 Å². The van der Waals surface area contributed by atoms with E-state index in [0.717, 1.165) is 32.7 Å². The Hall–Kier alpha value is -0.680. The molecule has 0 spiro atoms. The van der Waals surface area contributed by atoms with Crippen LogP contribution in [0.4, 0.5) is 4.39 Å². The molecule has 3 nitrogen and oxygen atoms in total. The molecule has 1 aliphatic heterocycles. The largest absolute Gasteiger partial charge is 0.329 e. The van der Waals surface area contributed by atoms with Crippen LogP contribution in [0, 0.1) is 5.82 Å². The zero-order valence-electron chi connectivity index (χ0n) is 10.4. The number of rotatable bonds is 4. The highest BCUT2D eigenvalue weighted by molar-refractivity contribution is 6.30. The van der Waals surface area contributed by atoms with E-state index in [2.05, 4.69) is 9.80 Å². The molecule has 2 rings (SSSR count). The standard InChI is InChI=1S/C13H19ClFN3/c14-12-2-1-11(13(15)9-12)10-18-7-5-17(4-3-16)6-8-18/h1-2,9H,3-8,10,16H2. The van der Waals surface area contributed by atoms with Gasteiger partial charge in [0, 0.05) is 56.4 Å². The first-order valence-electron chi connectivity index (χ1n) is 6.28. The van der Waals surface area contributed by atoms with Crippen LogP contribution in [0.25, 0.3) is 0 Å². The van der Waals surface area contributed by atoms with E-state index in [1.807, 2.05) is 0 Å². The Bertz CT molecular complexity index is 392. The van der Waals surface area contributed by atoms with Gasteiger partial charge in [-0.25, -0.2) is 4.39 Å². The Morgan fingerprint density at radius 1 is 1.17 bits per heavy atom. The summed E-state index contributed by atoms with van der Waals surface area (Å²) in [5.41, 5.74) is 6.25. The highest BCUT2D eigenvalue weighted by atomic mass is 35.5. The summed E-state index contributed by atoms with van der Waals surface area (Å²) in [5.74, 6) is -0.216. The van der Waals surface area contributed by atoms with E-state index in [0.29, 0.717) is 23.7 Å². The Morgan fingerprint density at radius 2 is 1.83 bits per heavy atom. The van der Waals surface area contributed by atoms with E-state index < -0.39 is 0 Å². The Morgan fingerprint density at radius 3 is 2.44 bits per heavy atom. The summed E-state index contributed by atoms with van der Waals surface area (Å²) in [4.78, 5) is 4.61. The van der Waals surface area contributed by atoms with Gasteiger partial charge in [0.2, 0.25) is 0 Å². The Labute approximate surface area is 112 Å². The zero-order valence-corrected chi connectivity index (χ0v) is 11.2. The number of benzene rings is 1. The van der Waals surface area contributed by atoms with E-state index in [4.69, 9.17) is 17.3 Å². The lowest BCUT2D eigenvalue weighted by Crippen LogP contribution is -2.47. The molecule has 0 radical (unpaired) electrons. The van der Waals surface area contributed by atoms with Gasteiger partial charge in [-0.15, -0.1) is 0 Å². The van der Waals surface area contributed by atoms with Crippen LogP contribution < -0.4 is 5.73 Å². The predicted octanol–water partition coefficient (Wildman–Crippen LogP) is 1.56. The minimum atomic E-state index is -0.216. The highest BCUT2D eigenvalue weighted by Crippen LogP contribution is 2.17. The molecule has 0 saturated carbocycles. The molecule has 5 heteroatoms. The molecule has 2 N–H and O–H groups in total. The first kappa shape index (κ1) is 13.7. The summed E-state index contributed by atoms with van der Waals surface area (Å²) in [6.07, 6.45) is 0. The van der Waals surface area contributed by atoms with Crippen molar-refractivity contribution in [3.05, 3.63) is 34.6 Å². The van der Waals surface area contributed by atoms with E-state index in [9.17, 15) is 4.39 Å². The van der Waals surface area contributed by atoms with Gasteiger partial charge in [-0.05, 0) is 12.1 Å². The quantitative estimate of drug-likeness (QED) is 0.902. The van der Waals surface area contributed by atoms with Crippen LogP contribution in [0.2, 0.25) is 5.02 Å². The molecule has 1 saturated heterocycles. The number of nitrogens with two attached hydrogens (primary N) is 1. The van der Waals surface area contributed by atoms with Crippen molar-refractivity contribution in [2.45, 2.75) is 6.54 Å². The third-order valence-corrected chi connectivity index (χ3v) is 3.55. The van der Waals surface area contributed by atoms with Gasteiger partial charge in [-0.1, -0.05) is 17.7 Å². The fourth-order valence-corrected chi connectivity index (χ4v) is 2.40. The van der Waals surface area contributed by atoms with Crippen molar-refractivity contribution < 1.29 is 4.39 Å². The second-order valence-electron chi connectivity index (χ2n) is 4.64. The average Bonchev–Trinajstić information content (AvgIpc) is 2.35. The third-order valence-electron chi connectivity index (χ3n) is 3.32. The van der Waals surface area contributed by atoms with E-state index in [-0.39, 0.29) is 5.82 Å². The first-order valence-corrected chi connectivity index (χ1v) is 6.65. The minimum Gasteiger partial charge on any atom is -0.329 e. The maximum Gasteiger partial charge on any atom is 0.129 e. The van der Waals surface area contributed by atoms with Gasteiger partial charge in [0.15, 0.2) is 0 Å². The number of hydrogen-bond donors (Lipinski definition) is 1. The molecule has 100 valence electrons. The molecule has 0 aromatic heterocycles. The normalized spacial score (nSPS) is 18.2. The van der Waals surface area contributed by atoms with E-state index >= 15 is 0 Å². The third kappa shape index (κ3) is 3.65. The van der Waals surface area contributed by atoms with Crippen molar-refractivity contribution >= 4 is 11.6 Å². The van der Waals surface area contributed by atoms with Crippen molar-refractivity contribution in [3.63, 3.8) is 0 Å². The van der Waals surface area contributed by atoms with Gasteiger partial charge in [-0.3, -0.25) is 9.80 Å². The molecule has 0 unspecified atom stereocenters. The molecule has 0 amide bonds. The molecule has 1 aromatic carbocycles. The second kappa shape index (κ2) is 6.48. The van der Waals surface area contributed by atoms with Gasteiger partial charge in [0.1, 0.15) is 5.82 Å². The molecule has 1 aliphatic rings. The SMILES string of the molecule is NCCN1CCN(Cc2ccc(Cl)cc2F)CC1. The summed E-state index contributed by atoms with van der Waals surface area (Å²) in [5, 5.41) is 0.448. The van der Waals surface area contributed by atoms with Crippen LogP contribution in [0.3, 0.4) is 0 Å². The lowest BCUT2D eigenvalue weighted by molar-refractivity contribution is 0.129. The number of halogens is 2. The maximum absolute atomic E-state index is 13.7. The van der Waals surface area contributed by atoms with Gasteiger partial charge < -0.3 is 5.73 Å². The fourth-order valence-electron chi connectivity index (χ4n) is 2.24. The van der Waals surface area contributed by atoms with Gasteiger partial charge in [0.05, 0.1) is 0 Å². The molecule has 18 heavy (non-hydrogen) atoms. The molecule has 0 aliphatic carbocycles. The minimum absolute atomic E-state index is 0.216. The molecule has 1 fully saturated rings. The van der Waals surface area contributed by atoms with Crippen molar-refractivity contribution in [1.82, 2.24) is 9.80 Å². The first-order chi connectivity index (χ1) is 8.69. The number of nitrogens with zero attached hydrogens (tertiary/aromatic N) is 2. The molecule has 0 bridgehead atoms. The second-order valence-corrected chi connectivity index (χ2v) is 5.08. The average molecular weight is 272 g/mol. The monoisotopic (exact) mass is 271 g/mol. The Balaban J connectivity index is 1.87. The van der Waals surface area contributed by atoms with Crippen molar-refractivity contribution in [2.75, 3.05) is 39.3 Å². The van der Waals surface area contributed by atoms with Gasteiger partial charge >= 0.3 is 0 Å². The van der Waals surface area contributed by atoms with Crippen molar-refractivity contribution in [3.8, 4) is 0 Å². The lowest BCUT2D eigenvalue weighted by Gasteiger charge is -2.34. The maximum atomic E-state index is 13.7. The van der Waals surface area contributed by atoms with Gasteiger partial charge in [0.25, 0.3) is 0 Å². The molecule has 1 heterocycles. The summed E-state index contributed by atoms with van der Waals surface area (Å²) in [7, 11) is 0. The predicted molar refractivity (Wildman–Crippen MR) is 72.2 cm³/mol. The molecule has 0 atom stereocenters. The fraction of sp³-hybridized carbons (Fsp3) is 0.538. The highest BCUT2D eigenvalue weighted by Gasteiger charge is 2.17. The smallest absolute Gasteiger partial charge is 0.129 e. The van der Waals surface area contributed by atoms with E-state index in [1.54, 1.807) is 12.1 Å². The summed E-state index contributed by atoms with van der Waals surface area (Å²) < 4.78 is 13.7. The Kier molecular flexibility index (Phi) is 4.95. The summed E-state index contributed by atoms with van der Waals surface area (Å²) in [6, 6.07) is 4.89. The molecular weight excluding hydrogens is 253 g/mol. The summed E-state index contributed by atoms with van der Waals surface area (Å²) in [6.45, 7) is 6.23. The zero-order chi connectivity index (χ0) is 13.0. The van der Waals surface area contributed by atoms with Crippen molar-refractivity contribution in [2.24, 2.45) is 5.73 Å². The topological polar surface area (TPSA) is 32.5 Å². The van der Waals surface area contributed by atoms with Crippen LogP contribution in [-0.2, 0) is 6.54 Å². The van der Waals surface area contributed by atoms with Crippen LogP contribution in [0.1, 0.15) is 5.56 Å². The van der Waals surface area contributed by atoms with Crippen LogP contribution in [0.5, 0.6) is 0 Å². The number of piperazine rings is 1. The number of hydrogen-bond acceptors (Lipinski definition) is 3. The molecular formula is C13H19ClFN3. The van der Waals surface area contributed by atoms with Crippen LogP contribution in [-0.4, -0.2) is 49.1 Å². The molecule has 1 aromatic rings. The van der Waals surface area contributed by atoms with Gasteiger partial charge in [-0.2, -0.15) is 0 Å². The van der Waals surface area contributed by atoms with Crippen molar-refractivity contribution in [1.29, 1.82) is 0 Å².